The topological polar surface area (TPSA) is 32.6 Å². The van der Waals surface area contributed by atoms with E-state index in [0.29, 0.717) is 0 Å². The van der Waals surface area contributed by atoms with E-state index in [2.05, 4.69) is 32.2 Å². The minimum Gasteiger partial charge on any atom is -0.358 e. The number of aromatic amines is 1. The predicted molar refractivity (Wildman–Crippen MR) is 97.7 cm³/mol. The number of halogens is 1. The van der Waals surface area contributed by atoms with Crippen LogP contribution in [0, 0.1) is 0 Å². The molecule has 0 radical (unpaired) electrons. The molecule has 6 heteroatoms. The van der Waals surface area contributed by atoms with Crippen molar-refractivity contribution in [2.24, 2.45) is 0 Å². The molecule has 1 aliphatic rings. The Bertz CT molecular complexity index is 639. The molecule has 0 bridgehead atoms. The fraction of sp³-hybridized carbons (Fsp3) is 0.294. The van der Waals surface area contributed by atoms with Crippen LogP contribution in [0.5, 0.6) is 0 Å². The molecule has 0 spiro atoms. The van der Waals surface area contributed by atoms with Crippen molar-refractivity contribution in [3.05, 3.63) is 59.2 Å². The summed E-state index contributed by atoms with van der Waals surface area (Å²) in [5, 5.41) is 4.90. The van der Waals surface area contributed by atoms with Gasteiger partial charge in [-0.05, 0) is 36.0 Å². The largest absolute Gasteiger partial charge is 0.358 e. The van der Waals surface area contributed by atoms with Crippen LogP contribution in [0.4, 0.5) is 5.82 Å². The van der Waals surface area contributed by atoms with Crippen LogP contribution in [0.1, 0.15) is 5.56 Å². The highest BCUT2D eigenvalue weighted by molar-refractivity contribution is 7.80. The molecule has 1 aromatic heterocycles. The average molecular weight is 348 g/mol. The number of H-pyrrole nitrogens is 1. The molecule has 2 N–H and O–H groups in total. The van der Waals surface area contributed by atoms with Crippen LogP contribution in [-0.2, 0) is 6.54 Å². The van der Waals surface area contributed by atoms with Crippen LogP contribution in [0.2, 0.25) is 5.02 Å². The fourth-order valence-corrected chi connectivity index (χ4v) is 3.00. The molecular weight excluding hydrogens is 328 g/mol. The van der Waals surface area contributed by atoms with Gasteiger partial charge in [0, 0.05) is 17.6 Å². The van der Waals surface area contributed by atoms with E-state index in [0.717, 1.165) is 48.7 Å². The zero-order valence-electron chi connectivity index (χ0n) is 12.8. The molecule has 1 aliphatic heterocycles. The lowest BCUT2D eigenvalue weighted by Gasteiger charge is -2.32. The van der Waals surface area contributed by atoms with Crippen molar-refractivity contribution < 1.29 is 4.98 Å². The Morgan fingerprint density at radius 2 is 1.83 bits per heavy atom. The number of benzene rings is 1. The van der Waals surface area contributed by atoms with Crippen molar-refractivity contribution >= 4 is 34.7 Å². The van der Waals surface area contributed by atoms with Crippen LogP contribution in [-0.4, -0.2) is 36.2 Å². The second-order valence-corrected chi connectivity index (χ2v) is 6.33. The van der Waals surface area contributed by atoms with Gasteiger partial charge in [-0.1, -0.05) is 29.8 Å². The van der Waals surface area contributed by atoms with Gasteiger partial charge < -0.3 is 10.2 Å². The van der Waals surface area contributed by atoms with Crippen LogP contribution in [0.25, 0.3) is 0 Å². The number of pyridine rings is 1. The van der Waals surface area contributed by atoms with Gasteiger partial charge in [0.1, 0.15) is 13.1 Å². The van der Waals surface area contributed by atoms with Gasteiger partial charge in [0.25, 0.3) is 5.82 Å². The summed E-state index contributed by atoms with van der Waals surface area (Å²) < 4.78 is 0. The number of thiocarbonyl (C=S) groups is 1. The van der Waals surface area contributed by atoms with E-state index in [-0.39, 0.29) is 0 Å². The van der Waals surface area contributed by atoms with E-state index in [4.69, 9.17) is 23.8 Å². The molecule has 1 saturated heterocycles. The SMILES string of the molecule is S=C(NCc1ccc(Cl)cc1)N1CCN(c2cccc[nH+]2)CC1. The molecule has 0 atom stereocenters. The van der Waals surface area contributed by atoms with Gasteiger partial charge in [-0.2, -0.15) is 0 Å². The summed E-state index contributed by atoms with van der Waals surface area (Å²) >= 11 is 11.4. The third-order valence-electron chi connectivity index (χ3n) is 3.96. The first kappa shape index (κ1) is 16.0. The summed E-state index contributed by atoms with van der Waals surface area (Å²) in [5.41, 5.74) is 1.18. The lowest BCUT2D eigenvalue weighted by Crippen LogP contribution is -2.52. The Morgan fingerprint density at radius 3 is 2.48 bits per heavy atom. The zero-order valence-corrected chi connectivity index (χ0v) is 14.4. The van der Waals surface area contributed by atoms with Crippen molar-refractivity contribution in [3.8, 4) is 0 Å². The third-order valence-corrected chi connectivity index (χ3v) is 4.61. The van der Waals surface area contributed by atoms with Gasteiger partial charge in [-0.15, -0.1) is 0 Å². The monoisotopic (exact) mass is 347 g/mol. The summed E-state index contributed by atoms with van der Waals surface area (Å²) in [7, 11) is 0. The van der Waals surface area contributed by atoms with E-state index >= 15 is 0 Å². The van der Waals surface area contributed by atoms with Crippen LogP contribution in [0.3, 0.4) is 0 Å². The number of anilines is 1. The number of nitrogens with zero attached hydrogens (tertiary/aromatic N) is 2. The standard InChI is InChI=1S/C17H19ClN4S/c18-15-6-4-14(5-7-15)13-20-17(23)22-11-9-21(10-12-22)16-3-1-2-8-19-16/h1-8H,9-13H2,(H,20,23)/p+1. The summed E-state index contributed by atoms with van der Waals surface area (Å²) in [5.74, 6) is 1.16. The molecule has 4 nitrogen and oxygen atoms in total. The number of aromatic nitrogens is 1. The van der Waals surface area contributed by atoms with Crippen molar-refractivity contribution in [1.82, 2.24) is 10.2 Å². The van der Waals surface area contributed by atoms with E-state index in [1.807, 2.05) is 36.5 Å². The highest BCUT2D eigenvalue weighted by Gasteiger charge is 2.24. The fourth-order valence-electron chi connectivity index (χ4n) is 2.62. The Balaban J connectivity index is 1.47. The van der Waals surface area contributed by atoms with Crippen LogP contribution < -0.4 is 15.2 Å². The van der Waals surface area contributed by atoms with Crippen molar-refractivity contribution in [1.29, 1.82) is 0 Å². The molecule has 3 rings (SSSR count). The number of hydrogen-bond acceptors (Lipinski definition) is 2. The quantitative estimate of drug-likeness (QED) is 0.864. The lowest BCUT2D eigenvalue weighted by molar-refractivity contribution is -0.364. The van der Waals surface area contributed by atoms with Gasteiger partial charge in [0.2, 0.25) is 0 Å². The summed E-state index contributed by atoms with van der Waals surface area (Å²) in [6, 6.07) is 14.0. The molecule has 0 amide bonds. The molecule has 0 saturated carbocycles. The second-order valence-electron chi connectivity index (χ2n) is 5.51. The first-order valence-electron chi connectivity index (χ1n) is 7.71. The first-order valence-corrected chi connectivity index (χ1v) is 8.50. The van der Waals surface area contributed by atoms with Crippen LogP contribution >= 0.6 is 23.8 Å². The molecule has 0 aliphatic carbocycles. The lowest BCUT2D eigenvalue weighted by atomic mass is 10.2. The number of piperazine rings is 1. The molecule has 120 valence electrons. The summed E-state index contributed by atoms with van der Waals surface area (Å²) in [4.78, 5) is 7.85. The highest BCUT2D eigenvalue weighted by atomic mass is 35.5. The number of rotatable bonds is 3. The van der Waals surface area contributed by atoms with Crippen molar-refractivity contribution in [3.63, 3.8) is 0 Å². The molecule has 1 aromatic carbocycles. The number of hydrogen-bond donors (Lipinski definition) is 1. The zero-order chi connectivity index (χ0) is 16.1. The van der Waals surface area contributed by atoms with Gasteiger partial charge in [0.15, 0.2) is 5.11 Å². The van der Waals surface area contributed by atoms with Crippen LogP contribution in [0.15, 0.2) is 48.7 Å². The Labute approximate surface area is 147 Å². The smallest absolute Gasteiger partial charge is 0.274 e. The highest BCUT2D eigenvalue weighted by Crippen LogP contribution is 2.11. The maximum absolute atomic E-state index is 5.90. The Morgan fingerprint density at radius 1 is 1.09 bits per heavy atom. The van der Waals surface area contributed by atoms with Crippen molar-refractivity contribution in [2.45, 2.75) is 6.54 Å². The summed E-state index contributed by atoms with van der Waals surface area (Å²) in [6.45, 7) is 4.50. The molecule has 2 heterocycles. The van der Waals surface area contributed by atoms with Gasteiger partial charge in [-0.3, -0.25) is 4.90 Å². The minimum atomic E-state index is 0.725. The molecule has 23 heavy (non-hydrogen) atoms. The van der Waals surface area contributed by atoms with Crippen molar-refractivity contribution in [2.75, 3.05) is 31.1 Å². The molecule has 0 unspecified atom stereocenters. The normalized spacial score (nSPS) is 14.7. The Hall–Kier alpha value is -1.85. The van der Waals surface area contributed by atoms with Gasteiger partial charge >= 0.3 is 0 Å². The molecule has 1 fully saturated rings. The van der Waals surface area contributed by atoms with Gasteiger partial charge in [-0.25, -0.2) is 4.98 Å². The van der Waals surface area contributed by atoms with Gasteiger partial charge in [0.05, 0.1) is 19.3 Å². The minimum absolute atomic E-state index is 0.725. The second kappa shape index (κ2) is 7.62. The molecule has 2 aromatic rings. The summed E-state index contributed by atoms with van der Waals surface area (Å²) in [6.07, 6.45) is 1.96. The maximum atomic E-state index is 5.90. The first-order chi connectivity index (χ1) is 11.2. The number of nitrogens with one attached hydrogen (secondary N) is 2. The third kappa shape index (κ3) is 4.33. The predicted octanol–water partition coefficient (Wildman–Crippen LogP) is 2.35. The average Bonchev–Trinajstić information content (AvgIpc) is 2.62. The van der Waals surface area contributed by atoms with E-state index in [1.165, 1.54) is 5.56 Å². The van der Waals surface area contributed by atoms with E-state index < -0.39 is 0 Å². The Kier molecular flexibility index (Phi) is 5.31. The van der Waals surface area contributed by atoms with E-state index in [9.17, 15) is 0 Å². The molecular formula is C17H20ClN4S+. The maximum Gasteiger partial charge on any atom is 0.274 e. The van der Waals surface area contributed by atoms with E-state index in [1.54, 1.807) is 0 Å².